The van der Waals surface area contributed by atoms with Crippen LogP contribution < -0.4 is 5.32 Å². The van der Waals surface area contributed by atoms with E-state index in [9.17, 15) is 0 Å². The van der Waals surface area contributed by atoms with Gasteiger partial charge in [-0.25, -0.2) is 9.97 Å². The van der Waals surface area contributed by atoms with E-state index < -0.39 is 0 Å². The van der Waals surface area contributed by atoms with Crippen molar-refractivity contribution >= 4 is 27.8 Å². The van der Waals surface area contributed by atoms with E-state index in [0.717, 1.165) is 33.7 Å². The summed E-state index contributed by atoms with van der Waals surface area (Å²) in [5.41, 5.74) is 0.978. The Balaban J connectivity index is 1.95. The smallest absolute Gasteiger partial charge is 0.183 e. The topological polar surface area (TPSA) is 56.3 Å². The number of methoxy groups -OCH3 is 2. The number of rotatable bonds is 8. The normalized spacial score (nSPS) is 10.8. The number of hydrogen-bond acceptors (Lipinski definition) is 7. The summed E-state index contributed by atoms with van der Waals surface area (Å²) in [5.74, 6) is 0. The standard InChI is InChI=1S/C12H17N3O2S2/c1-16-5-3-11-14-7-10(19-11)9-8-18-12(15-9)13-4-6-17-2/h7-8H,3-6H2,1-2H3,(H,13,15). The van der Waals surface area contributed by atoms with Crippen LogP contribution in [0.3, 0.4) is 0 Å². The molecule has 0 atom stereocenters. The van der Waals surface area contributed by atoms with Gasteiger partial charge in [-0.2, -0.15) is 0 Å². The number of thiazole rings is 2. The van der Waals surface area contributed by atoms with Crippen molar-refractivity contribution in [2.75, 3.05) is 39.3 Å². The molecule has 2 aromatic heterocycles. The number of aromatic nitrogens is 2. The van der Waals surface area contributed by atoms with Crippen molar-refractivity contribution in [2.45, 2.75) is 6.42 Å². The fraction of sp³-hybridized carbons (Fsp3) is 0.500. The summed E-state index contributed by atoms with van der Waals surface area (Å²) in [5, 5.41) is 7.27. The number of anilines is 1. The third-order valence-corrected chi connectivity index (χ3v) is 4.29. The third-order valence-electron chi connectivity index (χ3n) is 2.41. The van der Waals surface area contributed by atoms with Crippen molar-refractivity contribution in [3.8, 4) is 10.6 Å². The second kappa shape index (κ2) is 7.54. The Labute approximate surface area is 120 Å². The van der Waals surface area contributed by atoms with Crippen molar-refractivity contribution in [1.82, 2.24) is 9.97 Å². The van der Waals surface area contributed by atoms with E-state index in [2.05, 4.69) is 15.3 Å². The van der Waals surface area contributed by atoms with Crippen LogP contribution in [0.5, 0.6) is 0 Å². The molecule has 5 nitrogen and oxygen atoms in total. The van der Waals surface area contributed by atoms with Crippen LogP contribution in [0.25, 0.3) is 10.6 Å². The van der Waals surface area contributed by atoms with Crippen LogP contribution in [0, 0.1) is 0 Å². The largest absolute Gasteiger partial charge is 0.384 e. The zero-order valence-electron chi connectivity index (χ0n) is 11.0. The maximum Gasteiger partial charge on any atom is 0.183 e. The summed E-state index contributed by atoms with van der Waals surface area (Å²) in [7, 11) is 3.39. The highest BCUT2D eigenvalue weighted by Crippen LogP contribution is 2.29. The van der Waals surface area contributed by atoms with Crippen LogP contribution in [0.15, 0.2) is 11.6 Å². The molecule has 7 heteroatoms. The predicted octanol–water partition coefficient (Wildman–Crippen LogP) is 2.51. The molecule has 0 radical (unpaired) electrons. The second-order valence-electron chi connectivity index (χ2n) is 3.82. The minimum absolute atomic E-state index is 0.677. The Morgan fingerprint density at radius 3 is 2.89 bits per heavy atom. The molecule has 19 heavy (non-hydrogen) atoms. The molecule has 0 fully saturated rings. The maximum absolute atomic E-state index is 5.05. The number of nitrogens with zero attached hydrogens (tertiary/aromatic N) is 2. The van der Waals surface area contributed by atoms with E-state index in [1.54, 1.807) is 36.9 Å². The van der Waals surface area contributed by atoms with Gasteiger partial charge in [-0.3, -0.25) is 0 Å². The molecule has 2 rings (SSSR count). The van der Waals surface area contributed by atoms with Crippen molar-refractivity contribution in [2.24, 2.45) is 0 Å². The van der Waals surface area contributed by atoms with Crippen LogP contribution in [-0.4, -0.2) is 43.9 Å². The first-order valence-electron chi connectivity index (χ1n) is 5.96. The fourth-order valence-electron chi connectivity index (χ4n) is 1.46. The molecule has 0 spiro atoms. The Bertz CT molecular complexity index is 499. The van der Waals surface area contributed by atoms with Crippen molar-refractivity contribution < 1.29 is 9.47 Å². The fourth-order valence-corrected chi connectivity index (χ4v) is 3.13. The van der Waals surface area contributed by atoms with Gasteiger partial charge in [-0.15, -0.1) is 22.7 Å². The molecule has 2 aromatic rings. The summed E-state index contributed by atoms with van der Waals surface area (Å²) in [6, 6.07) is 0. The Morgan fingerprint density at radius 1 is 1.26 bits per heavy atom. The van der Waals surface area contributed by atoms with Gasteiger partial charge in [0.15, 0.2) is 5.13 Å². The van der Waals surface area contributed by atoms with Gasteiger partial charge in [-0.05, 0) is 0 Å². The van der Waals surface area contributed by atoms with Crippen LogP contribution in [0.2, 0.25) is 0 Å². The van der Waals surface area contributed by atoms with Crippen LogP contribution in [-0.2, 0) is 15.9 Å². The summed E-state index contributed by atoms with van der Waals surface area (Å²) in [6.45, 7) is 2.15. The number of ether oxygens (including phenoxy) is 2. The maximum atomic E-state index is 5.05. The van der Waals surface area contributed by atoms with E-state index in [1.165, 1.54) is 0 Å². The van der Waals surface area contributed by atoms with Gasteiger partial charge >= 0.3 is 0 Å². The lowest BCUT2D eigenvalue weighted by atomic mass is 10.4. The summed E-state index contributed by atoms with van der Waals surface area (Å²) < 4.78 is 10.0. The Kier molecular flexibility index (Phi) is 5.71. The molecule has 1 N–H and O–H groups in total. The molecule has 104 valence electrons. The van der Waals surface area contributed by atoms with Gasteiger partial charge in [0.25, 0.3) is 0 Å². The molecule has 0 aliphatic heterocycles. The van der Waals surface area contributed by atoms with E-state index >= 15 is 0 Å². The monoisotopic (exact) mass is 299 g/mol. The predicted molar refractivity (Wildman–Crippen MR) is 79.2 cm³/mol. The second-order valence-corrected chi connectivity index (χ2v) is 5.79. The molecule has 0 aliphatic carbocycles. The van der Waals surface area contributed by atoms with Crippen LogP contribution in [0.1, 0.15) is 5.01 Å². The van der Waals surface area contributed by atoms with Crippen molar-refractivity contribution in [3.63, 3.8) is 0 Å². The molecular formula is C12H17N3O2S2. The Morgan fingerprint density at radius 2 is 2.11 bits per heavy atom. The first kappa shape index (κ1) is 14.4. The van der Waals surface area contributed by atoms with E-state index in [0.29, 0.717) is 13.2 Å². The van der Waals surface area contributed by atoms with Gasteiger partial charge in [0.05, 0.1) is 28.8 Å². The highest BCUT2D eigenvalue weighted by atomic mass is 32.1. The number of nitrogens with one attached hydrogen (secondary N) is 1. The molecule has 0 aliphatic rings. The quantitative estimate of drug-likeness (QED) is 0.759. The van der Waals surface area contributed by atoms with E-state index in [1.807, 2.05) is 11.6 Å². The SMILES string of the molecule is COCCNc1nc(-c2cnc(CCOC)s2)cs1. The minimum Gasteiger partial charge on any atom is -0.384 e. The average molecular weight is 299 g/mol. The van der Waals surface area contributed by atoms with Gasteiger partial charge in [0, 0.05) is 38.8 Å². The van der Waals surface area contributed by atoms with Gasteiger partial charge in [0.2, 0.25) is 0 Å². The average Bonchev–Trinajstić information content (AvgIpc) is 3.05. The highest BCUT2D eigenvalue weighted by molar-refractivity contribution is 7.16. The minimum atomic E-state index is 0.677. The summed E-state index contributed by atoms with van der Waals surface area (Å²) >= 11 is 3.27. The highest BCUT2D eigenvalue weighted by Gasteiger charge is 2.08. The van der Waals surface area contributed by atoms with Crippen LogP contribution in [0.4, 0.5) is 5.13 Å². The zero-order chi connectivity index (χ0) is 13.5. The first-order valence-corrected chi connectivity index (χ1v) is 7.65. The molecule has 0 amide bonds. The summed E-state index contributed by atoms with van der Waals surface area (Å²) in [6.07, 6.45) is 2.73. The lowest BCUT2D eigenvalue weighted by molar-refractivity contribution is 0.202. The van der Waals surface area contributed by atoms with E-state index in [-0.39, 0.29) is 0 Å². The summed E-state index contributed by atoms with van der Waals surface area (Å²) in [4.78, 5) is 10.0. The van der Waals surface area contributed by atoms with Gasteiger partial charge < -0.3 is 14.8 Å². The number of hydrogen-bond donors (Lipinski definition) is 1. The molecule has 0 saturated heterocycles. The first-order chi connectivity index (χ1) is 9.33. The lowest BCUT2D eigenvalue weighted by Gasteiger charge is -1.99. The zero-order valence-corrected chi connectivity index (χ0v) is 12.6. The molecular weight excluding hydrogens is 282 g/mol. The molecule has 2 heterocycles. The van der Waals surface area contributed by atoms with Crippen molar-refractivity contribution in [1.29, 1.82) is 0 Å². The Hall–Kier alpha value is -1.02. The molecule has 0 aromatic carbocycles. The molecule has 0 unspecified atom stereocenters. The van der Waals surface area contributed by atoms with Crippen LogP contribution >= 0.6 is 22.7 Å². The van der Waals surface area contributed by atoms with Gasteiger partial charge in [0.1, 0.15) is 0 Å². The molecule has 0 bridgehead atoms. The molecule has 0 saturated carbocycles. The van der Waals surface area contributed by atoms with Crippen molar-refractivity contribution in [3.05, 3.63) is 16.6 Å². The third kappa shape index (κ3) is 4.24. The van der Waals surface area contributed by atoms with E-state index in [4.69, 9.17) is 9.47 Å². The lowest BCUT2D eigenvalue weighted by Crippen LogP contribution is -2.06. The van der Waals surface area contributed by atoms with Gasteiger partial charge in [-0.1, -0.05) is 0 Å².